The molecule has 0 bridgehead atoms. The maximum atomic E-state index is 14.1. The zero-order valence-electron chi connectivity index (χ0n) is 17.0. The predicted octanol–water partition coefficient (Wildman–Crippen LogP) is 3.35. The monoisotopic (exact) mass is 425 g/mol. The van der Waals surface area contributed by atoms with Gasteiger partial charge < -0.3 is 19.9 Å². The topological polar surface area (TPSA) is 61.9 Å². The molecule has 160 valence electrons. The lowest BCUT2D eigenvalue weighted by atomic mass is 10.0. The number of carbonyl (C=O) groups excluding carboxylic acids is 2. The Balaban J connectivity index is 1.60. The minimum Gasteiger partial charge on any atom is -0.381 e. The van der Waals surface area contributed by atoms with Crippen molar-refractivity contribution in [3.05, 3.63) is 34.1 Å². The first-order valence-corrected chi connectivity index (χ1v) is 10.6. The van der Waals surface area contributed by atoms with Crippen molar-refractivity contribution in [1.29, 1.82) is 0 Å². The molecule has 1 N–H and O–H groups in total. The summed E-state index contributed by atoms with van der Waals surface area (Å²) in [5.41, 5.74) is 1.17. The van der Waals surface area contributed by atoms with Gasteiger partial charge in [-0.1, -0.05) is 11.6 Å². The van der Waals surface area contributed by atoms with Crippen LogP contribution in [0.5, 0.6) is 0 Å². The number of aryl methyl sites for hydroxylation is 1. The van der Waals surface area contributed by atoms with Crippen LogP contribution in [0.25, 0.3) is 0 Å². The average Bonchev–Trinajstić information content (AvgIpc) is 3.25. The fourth-order valence-electron chi connectivity index (χ4n) is 4.09. The molecule has 6 nitrogen and oxygen atoms in total. The highest BCUT2D eigenvalue weighted by Gasteiger charge is 2.34. The summed E-state index contributed by atoms with van der Waals surface area (Å²) < 4.78 is 19.4. The fourth-order valence-corrected chi connectivity index (χ4v) is 4.24. The Bertz CT molecular complexity index is 755. The number of hydrogen-bond acceptors (Lipinski definition) is 3. The van der Waals surface area contributed by atoms with Crippen LogP contribution in [-0.4, -0.2) is 60.6 Å². The van der Waals surface area contributed by atoms with Gasteiger partial charge in [0.2, 0.25) is 5.91 Å². The van der Waals surface area contributed by atoms with Crippen molar-refractivity contribution in [2.75, 3.05) is 32.8 Å². The summed E-state index contributed by atoms with van der Waals surface area (Å²) in [4.78, 5) is 29.1. The van der Waals surface area contributed by atoms with Gasteiger partial charge in [0, 0.05) is 43.4 Å². The number of hydrogen-bond donors (Lipinski definition) is 1. The molecule has 0 aliphatic carbocycles. The Hall–Kier alpha value is -1.86. The normalized spacial score (nSPS) is 21.9. The summed E-state index contributed by atoms with van der Waals surface area (Å²) in [6.07, 6.45) is 2.48. The Labute approximate surface area is 176 Å². The number of benzene rings is 1. The smallest absolute Gasteiger partial charge is 0.317 e. The maximum Gasteiger partial charge on any atom is 0.317 e. The molecular formula is C21H29ClFN3O3. The third kappa shape index (κ3) is 5.20. The van der Waals surface area contributed by atoms with E-state index in [1.165, 1.54) is 6.07 Å². The van der Waals surface area contributed by atoms with Crippen LogP contribution in [0.15, 0.2) is 12.1 Å². The Morgan fingerprint density at radius 2 is 2.17 bits per heavy atom. The third-order valence-electron chi connectivity index (χ3n) is 5.79. The van der Waals surface area contributed by atoms with Gasteiger partial charge in [0.25, 0.3) is 0 Å². The maximum absolute atomic E-state index is 14.1. The van der Waals surface area contributed by atoms with Crippen molar-refractivity contribution in [2.24, 2.45) is 5.92 Å². The molecule has 1 aromatic carbocycles. The molecule has 2 saturated heterocycles. The van der Waals surface area contributed by atoms with Crippen LogP contribution in [0.4, 0.5) is 9.18 Å². The SMILES string of the molecule is CCN(C(=O)NCc1cc(C)c(Cl)cc1F)[C@@H]1CCCN(C(=O)[C@@H]2CCOC2)C1. The standard InChI is InChI=1S/C21H29ClFN3O3/c1-3-26(21(28)24-11-16-9-14(2)18(22)10-19(16)23)17-5-4-7-25(12-17)20(27)15-6-8-29-13-15/h9-10,15,17H,3-8,11-13H2,1-2H3,(H,24,28)/t15-,17-/m1/s1. The van der Waals surface area contributed by atoms with E-state index in [-0.39, 0.29) is 30.4 Å². The lowest BCUT2D eigenvalue weighted by molar-refractivity contribution is -0.137. The number of piperidine rings is 1. The molecule has 0 unspecified atom stereocenters. The number of urea groups is 1. The second-order valence-corrected chi connectivity index (χ2v) is 8.19. The van der Waals surface area contributed by atoms with Crippen LogP contribution < -0.4 is 5.32 Å². The molecule has 2 fully saturated rings. The van der Waals surface area contributed by atoms with Gasteiger partial charge in [-0.05, 0) is 50.8 Å². The molecule has 1 aromatic rings. The highest BCUT2D eigenvalue weighted by Crippen LogP contribution is 2.22. The summed E-state index contributed by atoms with van der Waals surface area (Å²) in [5, 5.41) is 3.18. The highest BCUT2D eigenvalue weighted by atomic mass is 35.5. The quantitative estimate of drug-likeness (QED) is 0.786. The van der Waals surface area contributed by atoms with Gasteiger partial charge in [-0.3, -0.25) is 4.79 Å². The molecule has 0 radical (unpaired) electrons. The van der Waals surface area contributed by atoms with Crippen LogP contribution in [0.3, 0.4) is 0 Å². The molecule has 0 aromatic heterocycles. The number of amides is 3. The number of likely N-dealkylation sites (N-methyl/N-ethyl adjacent to an activating group) is 1. The number of likely N-dealkylation sites (tertiary alicyclic amines) is 1. The number of nitrogens with one attached hydrogen (secondary N) is 1. The minimum atomic E-state index is -0.433. The van der Waals surface area contributed by atoms with Crippen molar-refractivity contribution in [3.63, 3.8) is 0 Å². The van der Waals surface area contributed by atoms with Crippen LogP contribution in [0.2, 0.25) is 5.02 Å². The largest absolute Gasteiger partial charge is 0.381 e. The lowest BCUT2D eigenvalue weighted by Gasteiger charge is -2.39. The van der Waals surface area contributed by atoms with Gasteiger partial charge in [0.15, 0.2) is 0 Å². The molecule has 3 rings (SSSR count). The molecule has 3 amide bonds. The van der Waals surface area contributed by atoms with Crippen molar-refractivity contribution in [1.82, 2.24) is 15.1 Å². The third-order valence-corrected chi connectivity index (χ3v) is 6.19. The van der Waals surface area contributed by atoms with Crippen molar-refractivity contribution >= 4 is 23.5 Å². The second kappa shape index (κ2) is 9.76. The molecule has 2 aliphatic heterocycles. The number of carbonyl (C=O) groups is 2. The first-order chi connectivity index (χ1) is 13.9. The Morgan fingerprint density at radius 1 is 1.38 bits per heavy atom. The number of halogens is 2. The molecule has 2 heterocycles. The lowest BCUT2D eigenvalue weighted by Crippen LogP contribution is -2.54. The van der Waals surface area contributed by atoms with Gasteiger partial charge in [-0.2, -0.15) is 0 Å². The predicted molar refractivity (Wildman–Crippen MR) is 109 cm³/mol. The van der Waals surface area contributed by atoms with Gasteiger partial charge in [0.1, 0.15) is 5.82 Å². The first-order valence-electron chi connectivity index (χ1n) is 10.3. The van der Waals surface area contributed by atoms with Crippen molar-refractivity contribution in [3.8, 4) is 0 Å². The molecule has 0 saturated carbocycles. The van der Waals surface area contributed by atoms with Gasteiger partial charge in [-0.25, -0.2) is 9.18 Å². The molecule has 2 aliphatic rings. The van der Waals surface area contributed by atoms with E-state index in [4.69, 9.17) is 16.3 Å². The van der Waals surface area contributed by atoms with Crippen LogP contribution >= 0.6 is 11.6 Å². The molecular weight excluding hydrogens is 397 g/mol. The zero-order valence-corrected chi connectivity index (χ0v) is 17.8. The van der Waals surface area contributed by atoms with E-state index in [0.29, 0.717) is 36.9 Å². The van der Waals surface area contributed by atoms with E-state index in [2.05, 4.69) is 5.32 Å². The average molecular weight is 426 g/mol. The minimum absolute atomic E-state index is 0.0446. The van der Waals surface area contributed by atoms with Gasteiger partial charge >= 0.3 is 6.03 Å². The van der Waals surface area contributed by atoms with Crippen LogP contribution in [0, 0.1) is 18.7 Å². The molecule has 8 heteroatoms. The Kier molecular flexibility index (Phi) is 7.35. The van der Waals surface area contributed by atoms with E-state index in [1.807, 2.05) is 11.8 Å². The second-order valence-electron chi connectivity index (χ2n) is 7.78. The molecule has 2 atom stereocenters. The molecule has 0 spiro atoms. The van der Waals surface area contributed by atoms with Crippen LogP contribution in [0.1, 0.15) is 37.3 Å². The van der Waals surface area contributed by atoms with E-state index >= 15 is 0 Å². The summed E-state index contributed by atoms with van der Waals surface area (Å²) >= 11 is 5.93. The summed E-state index contributed by atoms with van der Waals surface area (Å²) in [6.45, 7) is 6.71. The van der Waals surface area contributed by atoms with E-state index in [0.717, 1.165) is 31.4 Å². The first kappa shape index (κ1) is 21.8. The van der Waals surface area contributed by atoms with Crippen molar-refractivity contribution < 1.29 is 18.7 Å². The van der Waals surface area contributed by atoms with E-state index in [9.17, 15) is 14.0 Å². The summed E-state index contributed by atoms with van der Waals surface area (Å²) in [5.74, 6) is -0.367. The fraction of sp³-hybridized carbons (Fsp3) is 0.619. The van der Waals surface area contributed by atoms with Crippen molar-refractivity contribution in [2.45, 2.75) is 45.7 Å². The number of ether oxygens (including phenoxy) is 1. The van der Waals surface area contributed by atoms with Gasteiger partial charge in [-0.15, -0.1) is 0 Å². The van der Waals surface area contributed by atoms with Gasteiger partial charge in [0.05, 0.1) is 18.6 Å². The van der Waals surface area contributed by atoms with Crippen LogP contribution in [-0.2, 0) is 16.1 Å². The Morgan fingerprint density at radius 3 is 2.86 bits per heavy atom. The summed E-state index contributed by atoms with van der Waals surface area (Å²) in [6, 6.07) is 2.63. The zero-order chi connectivity index (χ0) is 21.0. The summed E-state index contributed by atoms with van der Waals surface area (Å²) in [7, 11) is 0. The van der Waals surface area contributed by atoms with E-state index < -0.39 is 5.82 Å². The number of nitrogens with zero attached hydrogens (tertiary/aromatic N) is 2. The van der Waals surface area contributed by atoms with E-state index in [1.54, 1.807) is 17.9 Å². The molecule has 29 heavy (non-hydrogen) atoms. The highest BCUT2D eigenvalue weighted by molar-refractivity contribution is 6.31. The number of rotatable bonds is 5.